The summed E-state index contributed by atoms with van der Waals surface area (Å²) in [6.07, 6.45) is 0.392. The minimum absolute atomic E-state index is 0.202. The maximum Gasteiger partial charge on any atom is 0.310 e. The van der Waals surface area contributed by atoms with Crippen molar-refractivity contribution in [2.45, 2.75) is 13.3 Å². The van der Waals surface area contributed by atoms with Gasteiger partial charge in [-0.3, -0.25) is 4.79 Å². The first kappa shape index (κ1) is 9.71. The zero-order chi connectivity index (χ0) is 10.7. The highest BCUT2D eigenvalue weighted by Gasteiger charge is 2.04. The molecule has 0 aliphatic rings. The molecule has 0 N–H and O–H groups in total. The quantitative estimate of drug-likeness (QED) is 0.549. The molecular weight excluding hydrogens is 188 g/mol. The molecule has 0 aromatic heterocycles. The molecule has 0 bridgehead atoms. The Morgan fingerprint density at radius 1 is 1.13 bits per heavy atom. The molecule has 2 aromatic rings. The number of ether oxygens (including phenoxy) is 1. The Hall–Kier alpha value is -1.83. The lowest BCUT2D eigenvalue weighted by molar-refractivity contribution is -0.133. The van der Waals surface area contributed by atoms with Crippen molar-refractivity contribution in [2.75, 3.05) is 0 Å². The topological polar surface area (TPSA) is 26.3 Å². The summed E-state index contributed by atoms with van der Waals surface area (Å²) in [4.78, 5) is 11.2. The van der Waals surface area contributed by atoms with Crippen LogP contribution in [0.25, 0.3) is 10.8 Å². The number of hydrogen-bond donors (Lipinski definition) is 0. The van der Waals surface area contributed by atoms with Gasteiger partial charge in [0.15, 0.2) is 0 Å². The molecule has 15 heavy (non-hydrogen) atoms. The van der Waals surface area contributed by atoms with Crippen LogP contribution in [0.15, 0.2) is 42.5 Å². The minimum atomic E-state index is -0.202. The van der Waals surface area contributed by atoms with E-state index in [1.165, 1.54) is 0 Å². The minimum Gasteiger partial charge on any atom is -0.426 e. The van der Waals surface area contributed by atoms with E-state index in [0.29, 0.717) is 12.2 Å². The van der Waals surface area contributed by atoms with Crippen LogP contribution in [0.1, 0.15) is 13.3 Å². The first-order valence-corrected chi connectivity index (χ1v) is 4.99. The number of hydrogen-bond acceptors (Lipinski definition) is 2. The third-order valence-corrected chi connectivity index (χ3v) is 2.26. The Morgan fingerprint density at radius 2 is 1.87 bits per heavy atom. The van der Waals surface area contributed by atoms with Gasteiger partial charge >= 0.3 is 5.97 Å². The van der Waals surface area contributed by atoms with Gasteiger partial charge in [-0.25, -0.2) is 0 Å². The molecule has 0 aliphatic carbocycles. The molecule has 2 rings (SSSR count). The predicted molar refractivity (Wildman–Crippen MR) is 59.9 cm³/mol. The molecule has 0 unspecified atom stereocenters. The van der Waals surface area contributed by atoms with E-state index >= 15 is 0 Å². The van der Waals surface area contributed by atoms with Crippen molar-refractivity contribution < 1.29 is 9.53 Å². The molecule has 0 fully saturated rings. The van der Waals surface area contributed by atoms with E-state index < -0.39 is 0 Å². The summed E-state index contributed by atoms with van der Waals surface area (Å²) in [5.41, 5.74) is 0. The van der Waals surface area contributed by atoms with E-state index in [0.717, 1.165) is 10.8 Å². The van der Waals surface area contributed by atoms with Gasteiger partial charge in [-0.2, -0.15) is 0 Å². The highest BCUT2D eigenvalue weighted by atomic mass is 16.5. The second kappa shape index (κ2) is 4.13. The van der Waals surface area contributed by atoms with E-state index in [9.17, 15) is 4.79 Å². The normalized spacial score (nSPS) is 10.2. The smallest absolute Gasteiger partial charge is 0.310 e. The molecule has 2 nitrogen and oxygen atoms in total. The Labute approximate surface area is 88.5 Å². The van der Waals surface area contributed by atoms with Gasteiger partial charge in [-0.15, -0.1) is 0 Å². The molecule has 0 spiro atoms. The second-order valence-corrected chi connectivity index (χ2v) is 3.30. The summed E-state index contributed by atoms with van der Waals surface area (Å²) in [6.45, 7) is 1.79. The van der Waals surface area contributed by atoms with Crippen LogP contribution in [-0.4, -0.2) is 5.97 Å². The number of esters is 1. The summed E-state index contributed by atoms with van der Waals surface area (Å²) < 4.78 is 5.24. The van der Waals surface area contributed by atoms with Crippen molar-refractivity contribution in [1.82, 2.24) is 0 Å². The Morgan fingerprint density at radius 3 is 2.67 bits per heavy atom. The monoisotopic (exact) mass is 200 g/mol. The standard InChI is InChI=1S/C13H12O2/c1-2-13(14)15-12-9-5-7-10-6-3-4-8-11(10)12/h3-9H,2H2,1H3. The van der Waals surface area contributed by atoms with Crippen LogP contribution in [0.3, 0.4) is 0 Å². The summed E-state index contributed by atoms with van der Waals surface area (Å²) >= 11 is 0. The van der Waals surface area contributed by atoms with Crippen molar-refractivity contribution >= 4 is 16.7 Å². The zero-order valence-corrected chi connectivity index (χ0v) is 8.57. The number of carbonyl (C=O) groups excluding carboxylic acids is 1. The van der Waals surface area contributed by atoms with Gasteiger partial charge < -0.3 is 4.74 Å². The molecule has 0 amide bonds. The van der Waals surface area contributed by atoms with Crippen LogP contribution in [0.5, 0.6) is 5.75 Å². The van der Waals surface area contributed by atoms with Crippen LogP contribution in [0.4, 0.5) is 0 Å². The number of carbonyl (C=O) groups is 1. The van der Waals surface area contributed by atoms with E-state index in [1.807, 2.05) is 42.5 Å². The van der Waals surface area contributed by atoms with Gasteiger partial charge in [-0.1, -0.05) is 43.3 Å². The lowest BCUT2D eigenvalue weighted by Crippen LogP contribution is -2.05. The molecule has 0 radical (unpaired) electrons. The maximum atomic E-state index is 11.2. The molecule has 0 aliphatic heterocycles. The molecule has 2 aromatic carbocycles. The van der Waals surface area contributed by atoms with Crippen molar-refractivity contribution in [1.29, 1.82) is 0 Å². The van der Waals surface area contributed by atoms with Crippen LogP contribution in [0, 0.1) is 0 Å². The van der Waals surface area contributed by atoms with Crippen molar-refractivity contribution in [3.63, 3.8) is 0 Å². The lowest BCUT2D eigenvalue weighted by atomic mass is 10.1. The summed E-state index contributed by atoms with van der Waals surface area (Å²) in [5.74, 6) is 0.436. The maximum absolute atomic E-state index is 11.2. The van der Waals surface area contributed by atoms with E-state index in [1.54, 1.807) is 6.92 Å². The van der Waals surface area contributed by atoms with Crippen molar-refractivity contribution in [3.05, 3.63) is 42.5 Å². The van der Waals surface area contributed by atoms with E-state index in [4.69, 9.17) is 4.74 Å². The average molecular weight is 200 g/mol. The highest BCUT2D eigenvalue weighted by molar-refractivity contribution is 5.90. The highest BCUT2D eigenvalue weighted by Crippen LogP contribution is 2.25. The first-order valence-electron chi connectivity index (χ1n) is 4.99. The van der Waals surface area contributed by atoms with Gasteiger partial charge in [-0.05, 0) is 11.5 Å². The van der Waals surface area contributed by atoms with Gasteiger partial charge in [0.2, 0.25) is 0 Å². The number of rotatable bonds is 2. The fourth-order valence-corrected chi connectivity index (χ4v) is 1.48. The van der Waals surface area contributed by atoms with Crippen molar-refractivity contribution in [2.24, 2.45) is 0 Å². The van der Waals surface area contributed by atoms with Gasteiger partial charge in [0.1, 0.15) is 5.75 Å². The molecule has 0 heterocycles. The molecule has 0 atom stereocenters. The third kappa shape index (κ3) is 1.99. The summed E-state index contributed by atoms with van der Waals surface area (Å²) in [6, 6.07) is 13.6. The van der Waals surface area contributed by atoms with Gasteiger partial charge in [0, 0.05) is 11.8 Å². The van der Waals surface area contributed by atoms with Crippen molar-refractivity contribution in [3.8, 4) is 5.75 Å². The van der Waals surface area contributed by atoms with Gasteiger partial charge in [0.25, 0.3) is 0 Å². The average Bonchev–Trinajstić information content (AvgIpc) is 2.29. The van der Waals surface area contributed by atoms with E-state index in [2.05, 4.69) is 0 Å². The van der Waals surface area contributed by atoms with Crippen LogP contribution in [0.2, 0.25) is 0 Å². The zero-order valence-electron chi connectivity index (χ0n) is 8.57. The summed E-state index contributed by atoms with van der Waals surface area (Å²) in [7, 11) is 0. The Bertz CT molecular complexity index is 483. The second-order valence-electron chi connectivity index (χ2n) is 3.30. The Kier molecular flexibility index (Phi) is 2.68. The lowest BCUT2D eigenvalue weighted by Gasteiger charge is -2.06. The fourth-order valence-electron chi connectivity index (χ4n) is 1.48. The van der Waals surface area contributed by atoms with Crippen LogP contribution < -0.4 is 4.74 Å². The summed E-state index contributed by atoms with van der Waals surface area (Å²) in [5, 5.41) is 2.06. The largest absolute Gasteiger partial charge is 0.426 e. The van der Waals surface area contributed by atoms with Crippen LogP contribution in [-0.2, 0) is 4.79 Å². The SMILES string of the molecule is CCC(=O)Oc1cccc2ccccc12. The predicted octanol–water partition coefficient (Wildman–Crippen LogP) is 3.16. The van der Waals surface area contributed by atoms with Gasteiger partial charge in [0.05, 0.1) is 0 Å². The molecule has 0 saturated carbocycles. The Balaban J connectivity index is 2.46. The first-order chi connectivity index (χ1) is 7.31. The third-order valence-electron chi connectivity index (χ3n) is 2.26. The fraction of sp³-hybridized carbons (Fsp3) is 0.154. The molecule has 76 valence electrons. The van der Waals surface area contributed by atoms with Crippen LogP contribution >= 0.6 is 0 Å². The number of fused-ring (bicyclic) bond motifs is 1. The number of benzene rings is 2. The molecule has 2 heteroatoms. The molecular formula is C13H12O2. The van der Waals surface area contributed by atoms with E-state index in [-0.39, 0.29) is 5.97 Å². The molecule has 0 saturated heterocycles.